The van der Waals surface area contributed by atoms with Gasteiger partial charge in [-0.3, -0.25) is 9.59 Å². The Bertz CT molecular complexity index is 791. The van der Waals surface area contributed by atoms with Crippen LogP contribution in [0.1, 0.15) is 27.5 Å². The maximum atomic E-state index is 12.6. The third-order valence-electron chi connectivity index (χ3n) is 3.97. The van der Waals surface area contributed by atoms with Crippen molar-refractivity contribution < 1.29 is 22.8 Å². The molecule has 2 aromatic rings. The van der Waals surface area contributed by atoms with Gasteiger partial charge < -0.3 is 15.5 Å². The lowest BCUT2D eigenvalue weighted by atomic mass is 10.1. The molecule has 0 spiro atoms. The van der Waals surface area contributed by atoms with Gasteiger partial charge in [-0.25, -0.2) is 0 Å². The average Bonchev–Trinajstić information content (AvgIpc) is 2.65. The summed E-state index contributed by atoms with van der Waals surface area (Å²) in [6, 6.07) is 13.0. The molecular weight excluding hydrogens is 371 g/mol. The summed E-state index contributed by atoms with van der Waals surface area (Å²) in [6.07, 6.45) is -4.46. The summed E-state index contributed by atoms with van der Waals surface area (Å²) in [7, 11) is 3.77. The molecule has 1 atom stereocenters. The first-order valence-electron chi connectivity index (χ1n) is 8.61. The fourth-order valence-electron chi connectivity index (χ4n) is 2.60. The Kier molecular flexibility index (Phi) is 7.17. The summed E-state index contributed by atoms with van der Waals surface area (Å²) in [4.78, 5) is 26.2. The largest absolute Gasteiger partial charge is 0.416 e. The molecule has 0 radical (unpaired) electrons. The van der Waals surface area contributed by atoms with Gasteiger partial charge >= 0.3 is 6.18 Å². The number of alkyl halides is 3. The summed E-state index contributed by atoms with van der Waals surface area (Å²) in [5, 5.41) is 5.28. The standard InChI is InChI=1S/C20H22F3N3O2/c1-26(2)13-17(14-6-4-3-5-7-14)25-18(27)12-24-19(28)15-8-10-16(11-9-15)20(21,22)23/h3-11,17H,12-13H2,1-2H3,(H,24,28)(H,25,27)/t17-/m1/s1. The number of hydrogen-bond acceptors (Lipinski definition) is 3. The Hall–Kier alpha value is -2.87. The third-order valence-corrected chi connectivity index (χ3v) is 3.97. The molecule has 0 saturated carbocycles. The van der Waals surface area contributed by atoms with Gasteiger partial charge in [-0.1, -0.05) is 30.3 Å². The van der Waals surface area contributed by atoms with Crippen molar-refractivity contribution in [1.29, 1.82) is 0 Å². The van der Waals surface area contributed by atoms with Crippen LogP contribution in [0.5, 0.6) is 0 Å². The van der Waals surface area contributed by atoms with Crippen molar-refractivity contribution in [3.8, 4) is 0 Å². The van der Waals surface area contributed by atoms with Crippen molar-refractivity contribution in [3.63, 3.8) is 0 Å². The van der Waals surface area contributed by atoms with Gasteiger partial charge in [0.15, 0.2) is 0 Å². The second-order valence-electron chi connectivity index (χ2n) is 6.55. The zero-order chi connectivity index (χ0) is 20.7. The predicted octanol–water partition coefficient (Wildman–Crippen LogP) is 2.85. The van der Waals surface area contributed by atoms with E-state index in [9.17, 15) is 22.8 Å². The molecule has 2 N–H and O–H groups in total. The van der Waals surface area contributed by atoms with E-state index < -0.39 is 23.6 Å². The topological polar surface area (TPSA) is 61.4 Å². The molecule has 0 aliphatic rings. The van der Waals surface area contributed by atoms with Crippen molar-refractivity contribution in [2.45, 2.75) is 12.2 Å². The van der Waals surface area contributed by atoms with E-state index in [-0.39, 0.29) is 18.2 Å². The van der Waals surface area contributed by atoms with E-state index in [1.54, 1.807) is 0 Å². The number of nitrogens with zero attached hydrogens (tertiary/aromatic N) is 1. The van der Waals surface area contributed by atoms with Gasteiger partial charge in [-0.15, -0.1) is 0 Å². The van der Waals surface area contributed by atoms with Crippen molar-refractivity contribution >= 4 is 11.8 Å². The van der Waals surface area contributed by atoms with Crippen LogP contribution in [0.25, 0.3) is 0 Å². The first-order valence-corrected chi connectivity index (χ1v) is 8.61. The predicted molar refractivity (Wildman–Crippen MR) is 99.7 cm³/mol. The second-order valence-corrected chi connectivity index (χ2v) is 6.55. The Labute approximate surface area is 161 Å². The van der Waals surface area contributed by atoms with Crippen LogP contribution in [0, 0.1) is 0 Å². The Morgan fingerprint density at radius 2 is 1.61 bits per heavy atom. The second kappa shape index (κ2) is 9.36. The summed E-state index contributed by atoms with van der Waals surface area (Å²) in [6.45, 7) is 0.291. The van der Waals surface area contributed by atoms with Crippen molar-refractivity contribution in [2.24, 2.45) is 0 Å². The molecule has 28 heavy (non-hydrogen) atoms. The third kappa shape index (κ3) is 6.38. The number of carbonyl (C=O) groups is 2. The quantitative estimate of drug-likeness (QED) is 0.761. The summed E-state index contributed by atoms with van der Waals surface area (Å²) in [5.41, 5.74) is 0.142. The van der Waals surface area contributed by atoms with Crippen LogP contribution in [-0.2, 0) is 11.0 Å². The first-order chi connectivity index (χ1) is 13.2. The lowest BCUT2D eigenvalue weighted by Crippen LogP contribution is -2.41. The van der Waals surface area contributed by atoms with Crippen LogP contribution >= 0.6 is 0 Å². The fourth-order valence-corrected chi connectivity index (χ4v) is 2.60. The highest BCUT2D eigenvalue weighted by Gasteiger charge is 2.30. The van der Waals surface area contributed by atoms with Crippen molar-refractivity contribution in [2.75, 3.05) is 27.2 Å². The molecule has 0 bridgehead atoms. The van der Waals surface area contributed by atoms with E-state index in [0.29, 0.717) is 6.54 Å². The molecule has 0 fully saturated rings. The van der Waals surface area contributed by atoms with Gasteiger partial charge in [0.05, 0.1) is 18.2 Å². The number of likely N-dealkylation sites (N-methyl/N-ethyl adjacent to an activating group) is 1. The minimum absolute atomic E-state index is 0.0497. The molecule has 2 aromatic carbocycles. The van der Waals surface area contributed by atoms with E-state index >= 15 is 0 Å². The lowest BCUT2D eigenvalue weighted by molar-refractivity contribution is -0.137. The van der Waals surface area contributed by atoms with Crippen LogP contribution in [0.4, 0.5) is 13.2 Å². The minimum atomic E-state index is -4.46. The van der Waals surface area contributed by atoms with E-state index in [4.69, 9.17) is 0 Å². The first kappa shape index (κ1) is 21.4. The molecule has 2 rings (SSSR count). The number of halogens is 3. The molecule has 2 amide bonds. The van der Waals surface area contributed by atoms with Gasteiger partial charge in [0, 0.05) is 12.1 Å². The zero-order valence-electron chi connectivity index (χ0n) is 15.6. The smallest absolute Gasteiger partial charge is 0.346 e. The summed E-state index contributed by atoms with van der Waals surface area (Å²) in [5.74, 6) is -1.01. The van der Waals surface area contributed by atoms with E-state index in [0.717, 1.165) is 29.8 Å². The van der Waals surface area contributed by atoms with Gasteiger partial charge in [0.2, 0.25) is 5.91 Å². The highest BCUT2D eigenvalue weighted by Crippen LogP contribution is 2.29. The maximum Gasteiger partial charge on any atom is 0.416 e. The average molecular weight is 393 g/mol. The number of amides is 2. The van der Waals surface area contributed by atoms with E-state index in [2.05, 4.69) is 10.6 Å². The van der Waals surface area contributed by atoms with Crippen LogP contribution in [-0.4, -0.2) is 43.9 Å². The number of benzene rings is 2. The molecule has 0 unspecified atom stereocenters. The molecule has 0 saturated heterocycles. The van der Waals surface area contributed by atoms with Crippen LogP contribution in [0.2, 0.25) is 0 Å². The van der Waals surface area contributed by atoms with Crippen LogP contribution in [0.15, 0.2) is 54.6 Å². The fraction of sp³-hybridized carbons (Fsp3) is 0.300. The molecule has 5 nitrogen and oxygen atoms in total. The van der Waals surface area contributed by atoms with Gasteiger partial charge in [-0.05, 0) is 43.9 Å². The van der Waals surface area contributed by atoms with Gasteiger partial charge in [-0.2, -0.15) is 13.2 Å². The molecule has 0 aliphatic heterocycles. The monoisotopic (exact) mass is 393 g/mol. The normalized spacial score (nSPS) is 12.5. The molecule has 150 valence electrons. The molecular formula is C20H22F3N3O2. The summed E-state index contributed by atoms with van der Waals surface area (Å²) >= 11 is 0. The number of hydrogen-bond donors (Lipinski definition) is 2. The Morgan fingerprint density at radius 1 is 1.00 bits per heavy atom. The zero-order valence-corrected chi connectivity index (χ0v) is 15.6. The summed E-state index contributed by atoms with van der Waals surface area (Å²) < 4.78 is 37.7. The Morgan fingerprint density at radius 3 is 2.14 bits per heavy atom. The van der Waals surface area contributed by atoms with Crippen molar-refractivity contribution in [1.82, 2.24) is 15.5 Å². The maximum absolute atomic E-state index is 12.6. The number of nitrogens with one attached hydrogen (secondary N) is 2. The van der Waals surface area contributed by atoms with E-state index in [1.807, 2.05) is 49.3 Å². The lowest BCUT2D eigenvalue weighted by Gasteiger charge is -2.23. The van der Waals surface area contributed by atoms with Crippen LogP contribution < -0.4 is 10.6 Å². The van der Waals surface area contributed by atoms with Gasteiger partial charge in [0.1, 0.15) is 0 Å². The number of carbonyl (C=O) groups excluding carboxylic acids is 2. The van der Waals surface area contributed by atoms with E-state index in [1.165, 1.54) is 0 Å². The SMILES string of the molecule is CN(C)C[C@@H](NC(=O)CNC(=O)c1ccc(C(F)(F)F)cc1)c1ccccc1. The highest BCUT2D eigenvalue weighted by molar-refractivity contribution is 5.96. The molecule has 0 heterocycles. The number of rotatable bonds is 7. The highest BCUT2D eigenvalue weighted by atomic mass is 19.4. The molecule has 8 heteroatoms. The minimum Gasteiger partial charge on any atom is -0.346 e. The van der Waals surface area contributed by atoms with Crippen LogP contribution in [0.3, 0.4) is 0 Å². The molecule has 0 aromatic heterocycles. The molecule has 0 aliphatic carbocycles. The van der Waals surface area contributed by atoms with Gasteiger partial charge in [0.25, 0.3) is 5.91 Å². The van der Waals surface area contributed by atoms with Crippen molar-refractivity contribution in [3.05, 3.63) is 71.3 Å². The Balaban J connectivity index is 1.93.